The maximum absolute atomic E-state index is 4.88. The van der Waals surface area contributed by atoms with Crippen molar-refractivity contribution >= 4 is 21.8 Å². The maximum atomic E-state index is 4.88. The third-order valence-corrected chi connectivity index (χ3v) is 4.41. The first-order chi connectivity index (χ1) is 11.9. The monoisotopic (exact) mass is 309 g/mol. The summed E-state index contributed by atoms with van der Waals surface area (Å²) in [6, 6.07) is 27.1. The van der Waals surface area contributed by atoms with Crippen molar-refractivity contribution in [1.29, 1.82) is 0 Å². The van der Waals surface area contributed by atoms with Crippen molar-refractivity contribution in [2.24, 2.45) is 0 Å². The van der Waals surface area contributed by atoms with Crippen LogP contribution in [0.5, 0.6) is 0 Å². The molecule has 5 rings (SSSR count). The van der Waals surface area contributed by atoms with Gasteiger partial charge in [0.1, 0.15) is 11.6 Å². The van der Waals surface area contributed by atoms with Crippen LogP contribution < -0.4 is 0 Å². The maximum Gasteiger partial charge on any atom is 0.139 e. The third kappa shape index (κ3) is 1.95. The molecule has 5 aromatic rings. The van der Waals surface area contributed by atoms with Crippen molar-refractivity contribution in [3.8, 4) is 11.6 Å². The molecule has 3 heteroatoms. The Morgan fingerprint density at radius 1 is 0.500 bits per heavy atom. The van der Waals surface area contributed by atoms with Gasteiger partial charge < -0.3 is 9.13 Å². The number of aromatic nitrogens is 3. The van der Waals surface area contributed by atoms with Crippen LogP contribution in [-0.4, -0.2) is 14.1 Å². The highest BCUT2D eigenvalue weighted by atomic mass is 15.1. The number of para-hydroxylation sites is 2. The highest BCUT2D eigenvalue weighted by Crippen LogP contribution is 2.22. The van der Waals surface area contributed by atoms with E-state index in [1.807, 2.05) is 12.1 Å². The molecule has 3 aromatic heterocycles. The van der Waals surface area contributed by atoms with Gasteiger partial charge in [-0.25, -0.2) is 4.98 Å². The molecule has 0 aliphatic carbocycles. The highest BCUT2D eigenvalue weighted by Gasteiger charge is 2.07. The minimum atomic E-state index is 0.923. The second-order valence-electron chi connectivity index (χ2n) is 5.84. The van der Waals surface area contributed by atoms with E-state index >= 15 is 0 Å². The van der Waals surface area contributed by atoms with Gasteiger partial charge in [0.15, 0.2) is 0 Å². The summed E-state index contributed by atoms with van der Waals surface area (Å²) < 4.78 is 4.26. The van der Waals surface area contributed by atoms with Crippen molar-refractivity contribution < 1.29 is 0 Å². The molecule has 0 saturated carbocycles. The number of rotatable bonds is 2. The highest BCUT2D eigenvalue weighted by molar-refractivity contribution is 5.82. The van der Waals surface area contributed by atoms with Gasteiger partial charge in [0.25, 0.3) is 0 Å². The first-order valence-electron chi connectivity index (χ1n) is 8.00. The van der Waals surface area contributed by atoms with Crippen LogP contribution in [0.3, 0.4) is 0 Å². The van der Waals surface area contributed by atoms with Gasteiger partial charge in [-0.1, -0.05) is 42.5 Å². The van der Waals surface area contributed by atoms with Gasteiger partial charge in [0.2, 0.25) is 0 Å². The summed E-state index contributed by atoms with van der Waals surface area (Å²) >= 11 is 0. The molecule has 3 nitrogen and oxygen atoms in total. The van der Waals surface area contributed by atoms with E-state index in [1.165, 1.54) is 21.8 Å². The normalized spacial score (nSPS) is 11.3. The topological polar surface area (TPSA) is 22.8 Å². The fraction of sp³-hybridized carbons (Fsp3) is 0. The van der Waals surface area contributed by atoms with Crippen molar-refractivity contribution in [3.63, 3.8) is 0 Å². The van der Waals surface area contributed by atoms with Crippen LogP contribution in [0.2, 0.25) is 0 Å². The van der Waals surface area contributed by atoms with E-state index in [0.717, 1.165) is 11.6 Å². The van der Waals surface area contributed by atoms with Crippen LogP contribution in [0, 0.1) is 0 Å². The smallest absolute Gasteiger partial charge is 0.139 e. The van der Waals surface area contributed by atoms with Crippen LogP contribution in [0.15, 0.2) is 91.3 Å². The zero-order valence-corrected chi connectivity index (χ0v) is 13.0. The summed E-state index contributed by atoms with van der Waals surface area (Å²) in [5.41, 5.74) is 2.33. The van der Waals surface area contributed by atoms with Crippen molar-refractivity contribution in [2.45, 2.75) is 0 Å². The molecule has 3 heterocycles. The average molecular weight is 309 g/mol. The number of fused-ring (bicyclic) bond motifs is 2. The van der Waals surface area contributed by atoms with Gasteiger partial charge in [-0.2, -0.15) is 0 Å². The molecule has 0 atom stereocenters. The van der Waals surface area contributed by atoms with Gasteiger partial charge >= 0.3 is 0 Å². The first kappa shape index (κ1) is 13.1. The van der Waals surface area contributed by atoms with E-state index in [4.69, 9.17) is 4.98 Å². The molecular weight excluding hydrogens is 294 g/mol. The van der Waals surface area contributed by atoms with Crippen molar-refractivity contribution in [1.82, 2.24) is 14.1 Å². The lowest BCUT2D eigenvalue weighted by molar-refractivity contribution is 0.979. The molecule has 24 heavy (non-hydrogen) atoms. The van der Waals surface area contributed by atoms with Crippen molar-refractivity contribution in [2.75, 3.05) is 0 Å². The molecule has 0 bridgehead atoms. The standard InChI is InChI=1S/C21H15N3/c1-3-8-18-16(6-1)12-14-23(18)20-10-5-11-21(22-20)24-15-13-17-7-2-4-9-19(17)24/h1-15H. The van der Waals surface area contributed by atoms with Crippen molar-refractivity contribution in [3.05, 3.63) is 91.3 Å². The lowest BCUT2D eigenvalue weighted by Gasteiger charge is -2.09. The zero-order chi connectivity index (χ0) is 15.9. The Hall–Kier alpha value is -3.33. The van der Waals surface area contributed by atoms with E-state index < -0.39 is 0 Å². The molecule has 0 aliphatic heterocycles. The van der Waals surface area contributed by atoms with Gasteiger partial charge in [0, 0.05) is 12.4 Å². The molecule has 0 spiro atoms. The minimum absolute atomic E-state index is 0.923. The predicted molar refractivity (Wildman–Crippen MR) is 97.9 cm³/mol. The van der Waals surface area contributed by atoms with Crippen LogP contribution in [0.4, 0.5) is 0 Å². The molecule has 0 fully saturated rings. The second kappa shape index (κ2) is 5.10. The Morgan fingerprint density at radius 3 is 1.54 bits per heavy atom. The van der Waals surface area contributed by atoms with Crippen LogP contribution in [0.1, 0.15) is 0 Å². The van der Waals surface area contributed by atoms with Crippen LogP contribution in [-0.2, 0) is 0 Å². The largest absolute Gasteiger partial charge is 0.301 e. The summed E-state index contributed by atoms with van der Waals surface area (Å²) in [6.45, 7) is 0. The molecule has 0 aliphatic rings. The fourth-order valence-electron chi connectivity index (χ4n) is 3.25. The first-order valence-corrected chi connectivity index (χ1v) is 8.00. The van der Waals surface area contributed by atoms with E-state index in [2.05, 4.69) is 88.3 Å². The number of benzene rings is 2. The summed E-state index contributed by atoms with van der Waals surface area (Å²) in [5.74, 6) is 1.85. The molecule has 0 radical (unpaired) electrons. The fourth-order valence-corrected chi connectivity index (χ4v) is 3.25. The minimum Gasteiger partial charge on any atom is -0.301 e. The summed E-state index contributed by atoms with van der Waals surface area (Å²) in [6.07, 6.45) is 4.15. The number of pyridine rings is 1. The molecular formula is C21H15N3. The predicted octanol–water partition coefficient (Wildman–Crippen LogP) is 4.97. The Balaban J connectivity index is 1.69. The average Bonchev–Trinajstić information content (AvgIpc) is 3.26. The Morgan fingerprint density at radius 2 is 1.00 bits per heavy atom. The zero-order valence-electron chi connectivity index (χ0n) is 13.0. The quantitative estimate of drug-likeness (QED) is 0.451. The number of nitrogens with zero attached hydrogens (tertiary/aromatic N) is 3. The van der Waals surface area contributed by atoms with Gasteiger partial charge in [-0.3, -0.25) is 0 Å². The summed E-state index contributed by atoms with van der Waals surface area (Å²) in [5, 5.41) is 2.44. The van der Waals surface area contributed by atoms with Gasteiger partial charge in [-0.15, -0.1) is 0 Å². The lowest BCUT2D eigenvalue weighted by Crippen LogP contribution is -2.01. The van der Waals surface area contributed by atoms with E-state index in [1.54, 1.807) is 0 Å². The van der Waals surface area contributed by atoms with Crippen LogP contribution in [0.25, 0.3) is 33.4 Å². The lowest BCUT2D eigenvalue weighted by atomic mass is 10.2. The van der Waals surface area contributed by atoms with Gasteiger partial charge in [0.05, 0.1) is 11.0 Å². The molecule has 2 aromatic carbocycles. The summed E-state index contributed by atoms with van der Waals surface area (Å²) in [7, 11) is 0. The summed E-state index contributed by atoms with van der Waals surface area (Å²) in [4.78, 5) is 4.88. The molecule has 114 valence electrons. The Kier molecular flexibility index (Phi) is 2.79. The van der Waals surface area contributed by atoms with E-state index in [-0.39, 0.29) is 0 Å². The Labute approximate surface area is 139 Å². The number of hydrogen-bond donors (Lipinski definition) is 0. The molecule has 0 unspecified atom stereocenters. The SMILES string of the molecule is c1cc(-n2ccc3ccccc32)nc(-n2ccc3ccccc32)c1. The third-order valence-electron chi connectivity index (χ3n) is 4.41. The van der Waals surface area contributed by atoms with E-state index in [9.17, 15) is 0 Å². The molecule has 0 amide bonds. The second-order valence-corrected chi connectivity index (χ2v) is 5.84. The Bertz CT molecular complexity index is 1070. The molecule has 0 saturated heterocycles. The van der Waals surface area contributed by atoms with E-state index in [0.29, 0.717) is 0 Å². The number of hydrogen-bond acceptors (Lipinski definition) is 1. The van der Waals surface area contributed by atoms with Crippen LogP contribution >= 0.6 is 0 Å². The molecule has 0 N–H and O–H groups in total. The van der Waals surface area contributed by atoms with Gasteiger partial charge in [-0.05, 0) is 47.2 Å².